The monoisotopic (exact) mass is 424 g/mol. The maximum Gasteiger partial charge on any atom is 0.159 e. The number of rotatable bonds is 17. The molecule has 0 aliphatic carbocycles. The third-order valence-electron chi connectivity index (χ3n) is 5.18. The second kappa shape index (κ2) is 16.5. The van der Waals surface area contributed by atoms with Crippen molar-refractivity contribution in [2.45, 2.75) is 78.1 Å². The van der Waals surface area contributed by atoms with E-state index in [1.165, 1.54) is 44.1 Å². The van der Waals surface area contributed by atoms with Gasteiger partial charge >= 0.3 is 0 Å². The maximum atomic E-state index is 5.71. The number of aromatic nitrogens is 2. The number of nitrogens with zero attached hydrogens (tertiary/aromatic N) is 2. The van der Waals surface area contributed by atoms with E-state index in [0.717, 1.165) is 50.3 Å². The van der Waals surface area contributed by atoms with Crippen molar-refractivity contribution in [3.05, 3.63) is 54.4 Å². The van der Waals surface area contributed by atoms with E-state index in [-0.39, 0.29) is 0 Å². The van der Waals surface area contributed by atoms with E-state index >= 15 is 0 Å². The smallest absolute Gasteiger partial charge is 0.159 e. The Morgan fingerprint density at radius 3 is 2.29 bits per heavy atom. The highest BCUT2D eigenvalue weighted by Crippen LogP contribution is 2.18. The number of hydrogen-bond donors (Lipinski definition) is 0. The Morgan fingerprint density at radius 1 is 0.774 bits per heavy atom. The Labute approximate surface area is 189 Å². The lowest BCUT2D eigenvalue weighted by atomic mass is 10.0. The number of hydrogen-bond acceptors (Lipinski definition) is 4. The van der Waals surface area contributed by atoms with Gasteiger partial charge < -0.3 is 9.47 Å². The van der Waals surface area contributed by atoms with Crippen LogP contribution in [-0.4, -0.2) is 29.8 Å². The minimum atomic E-state index is 0.565. The van der Waals surface area contributed by atoms with Gasteiger partial charge in [0.25, 0.3) is 0 Å². The molecule has 0 radical (unpaired) electrons. The summed E-state index contributed by atoms with van der Waals surface area (Å²) in [5, 5.41) is 0. The quantitative estimate of drug-likeness (QED) is 0.199. The van der Waals surface area contributed by atoms with E-state index in [1.54, 1.807) is 12.4 Å². The molecule has 0 aliphatic rings. The molecule has 0 N–H and O–H groups in total. The summed E-state index contributed by atoms with van der Waals surface area (Å²) in [4.78, 5) is 8.93. The first kappa shape index (κ1) is 25.1. The summed E-state index contributed by atoms with van der Waals surface area (Å²) in [5.74, 6) is 1.44. The molecule has 0 aliphatic heterocycles. The fourth-order valence-electron chi connectivity index (χ4n) is 3.34. The maximum absolute atomic E-state index is 5.71. The molecule has 0 saturated carbocycles. The van der Waals surface area contributed by atoms with Gasteiger partial charge in [-0.05, 0) is 44.1 Å². The zero-order valence-electron chi connectivity index (χ0n) is 19.5. The highest BCUT2D eigenvalue weighted by molar-refractivity contribution is 5.55. The van der Waals surface area contributed by atoms with Gasteiger partial charge in [-0.15, -0.1) is 0 Å². The Hall–Kier alpha value is -2.20. The largest absolute Gasteiger partial charge is 0.486 e. The molecule has 1 aromatic carbocycles. The van der Waals surface area contributed by atoms with E-state index in [2.05, 4.69) is 60.2 Å². The Kier molecular flexibility index (Phi) is 13.3. The molecule has 0 amide bonds. The molecule has 0 saturated heterocycles. The first-order valence-electron chi connectivity index (χ1n) is 12.1. The van der Waals surface area contributed by atoms with Gasteiger partial charge in [0.05, 0.1) is 12.4 Å². The molecule has 0 atom stereocenters. The minimum Gasteiger partial charge on any atom is -0.486 e. The van der Waals surface area contributed by atoms with E-state index in [1.807, 2.05) is 0 Å². The number of unbranched alkanes of at least 4 members (excludes halogenated alkanes) is 6. The van der Waals surface area contributed by atoms with Crippen LogP contribution in [0, 0.1) is 0 Å². The topological polar surface area (TPSA) is 44.2 Å². The molecule has 0 bridgehead atoms. The summed E-state index contributed by atoms with van der Waals surface area (Å²) >= 11 is 0. The normalized spacial score (nSPS) is 11.3. The molecule has 31 heavy (non-hydrogen) atoms. The second-order valence-electron chi connectivity index (χ2n) is 7.99. The molecule has 170 valence electrons. The van der Waals surface area contributed by atoms with Crippen molar-refractivity contribution in [1.29, 1.82) is 0 Å². The summed E-state index contributed by atoms with van der Waals surface area (Å²) in [6.45, 7) is 6.72. The third kappa shape index (κ3) is 11.1. The van der Waals surface area contributed by atoms with Crippen molar-refractivity contribution in [3.63, 3.8) is 0 Å². The zero-order valence-corrected chi connectivity index (χ0v) is 19.5. The average Bonchev–Trinajstić information content (AvgIpc) is 2.81. The summed E-state index contributed by atoms with van der Waals surface area (Å²) in [6.07, 6.45) is 19.9. The Balaban J connectivity index is 1.67. The van der Waals surface area contributed by atoms with Gasteiger partial charge in [-0.2, -0.15) is 0 Å². The second-order valence-corrected chi connectivity index (χ2v) is 7.99. The SMILES string of the molecule is CCCCCCC=CCOc1cnc(-c2ccc(CCCCCOCCC)cc2)nc1. The van der Waals surface area contributed by atoms with Gasteiger partial charge in [0.2, 0.25) is 0 Å². The molecule has 0 spiro atoms. The highest BCUT2D eigenvalue weighted by Gasteiger charge is 2.03. The van der Waals surface area contributed by atoms with Crippen LogP contribution in [0.15, 0.2) is 48.8 Å². The van der Waals surface area contributed by atoms with Gasteiger partial charge in [-0.1, -0.05) is 75.9 Å². The van der Waals surface area contributed by atoms with E-state index in [0.29, 0.717) is 12.4 Å². The lowest BCUT2D eigenvalue weighted by Crippen LogP contribution is -1.97. The first-order chi connectivity index (χ1) is 15.3. The molecule has 0 unspecified atom stereocenters. The van der Waals surface area contributed by atoms with Crippen LogP contribution in [0.5, 0.6) is 5.75 Å². The summed E-state index contributed by atoms with van der Waals surface area (Å²) in [6, 6.07) is 8.58. The first-order valence-corrected chi connectivity index (χ1v) is 12.1. The van der Waals surface area contributed by atoms with Crippen molar-refractivity contribution in [2.24, 2.45) is 0 Å². The molecular formula is C27H40N2O2. The Morgan fingerprint density at radius 2 is 1.55 bits per heavy atom. The average molecular weight is 425 g/mol. The summed E-state index contributed by atoms with van der Waals surface area (Å²) in [7, 11) is 0. The third-order valence-corrected chi connectivity index (χ3v) is 5.18. The molecular weight excluding hydrogens is 384 g/mol. The molecule has 2 rings (SSSR count). The number of aryl methyl sites for hydroxylation is 1. The van der Waals surface area contributed by atoms with E-state index in [9.17, 15) is 0 Å². The molecule has 0 fully saturated rings. The minimum absolute atomic E-state index is 0.565. The molecule has 1 aromatic heterocycles. The van der Waals surface area contributed by atoms with Crippen molar-refractivity contribution in [1.82, 2.24) is 9.97 Å². The van der Waals surface area contributed by atoms with Crippen molar-refractivity contribution in [3.8, 4) is 17.1 Å². The van der Waals surface area contributed by atoms with Gasteiger partial charge in [0.1, 0.15) is 6.61 Å². The van der Waals surface area contributed by atoms with Crippen LogP contribution in [0.25, 0.3) is 11.4 Å². The van der Waals surface area contributed by atoms with Crippen LogP contribution in [0.1, 0.15) is 77.2 Å². The van der Waals surface area contributed by atoms with Crippen molar-refractivity contribution < 1.29 is 9.47 Å². The van der Waals surface area contributed by atoms with Gasteiger partial charge in [-0.3, -0.25) is 0 Å². The van der Waals surface area contributed by atoms with Crippen LogP contribution in [0.2, 0.25) is 0 Å². The van der Waals surface area contributed by atoms with Crippen LogP contribution >= 0.6 is 0 Å². The van der Waals surface area contributed by atoms with Gasteiger partial charge in [-0.25, -0.2) is 9.97 Å². The van der Waals surface area contributed by atoms with Crippen LogP contribution in [0.4, 0.5) is 0 Å². The zero-order chi connectivity index (χ0) is 22.0. The molecule has 1 heterocycles. The number of benzene rings is 1. The standard InChI is InChI=1S/C27H40N2O2/c1-3-5-6-7-8-9-13-21-31-26-22-28-27(29-23-26)25-17-15-24(16-18-25)14-11-10-12-20-30-19-4-2/h9,13,15-18,22-23H,3-8,10-12,14,19-21H2,1-2H3. The van der Waals surface area contributed by atoms with Crippen LogP contribution in [-0.2, 0) is 11.2 Å². The lowest BCUT2D eigenvalue weighted by molar-refractivity contribution is 0.130. The van der Waals surface area contributed by atoms with Crippen LogP contribution in [0.3, 0.4) is 0 Å². The number of allylic oxidation sites excluding steroid dienone is 1. The van der Waals surface area contributed by atoms with Gasteiger partial charge in [0.15, 0.2) is 11.6 Å². The predicted molar refractivity (Wildman–Crippen MR) is 130 cm³/mol. The Bertz CT molecular complexity index is 711. The summed E-state index contributed by atoms with van der Waals surface area (Å²) in [5.41, 5.74) is 2.40. The van der Waals surface area contributed by atoms with Crippen LogP contribution < -0.4 is 4.74 Å². The van der Waals surface area contributed by atoms with E-state index in [4.69, 9.17) is 9.47 Å². The van der Waals surface area contributed by atoms with E-state index < -0.39 is 0 Å². The van der Waals surface area contributed by atoms with Crippen molar-refractivity contribution >= 4 is 0 Å². The van der Waals surface area contributed by atoms with Gasteiger partial charge in [0, 0.05) is 18.8 Å². The summed E-state index contributed by atoms with van der Waals surface area (Å²) < 4.78 is 11.2. The lowest BCUT2D eigenvalue weighted by Gasteiger charge is -2.06. The number of ether oxygens (including phenoxy) is 2. The highest BCUT2D eigenvalue weighted by atomic mass is 16.5. The fourth-order valence-corrected chi connectivity index (χ4v) is 3.34. The molecule has 2 aromatic rings. The van der Waals surface area contributed by atoms with Crippen molar-refractivity contribution in [2.75, 3.05) is 19.8 Å². The fraction of sp³-hybridized carbons (Fsp3) is 0.556. The molecule has 4 heteroatoms. The molecule has 4 nitrogen and oxygen atoms in total. The predicted octanol–water partition coefficient (Wildman–Crippen LogP) is 7.19.